The summed E-state index contributed by atoms with van der Waals surface area (Å²) in [7, 11) is 1.79. The zero-order valence-electron chi connectivity index (χ0n) is 10.7. The van der Waals surface area contributed by atoms with Crippen LogP contribution >= 0.6 is 15.9 Å². The van der Waals surface area contributed by atoms with Crippen LogP contribution in [0.15, 0.2) is 47.5 Å². The number of nitrogens with zero attached hydrogens (tertiary/aromatic N) is 3. The second-order valence-corrected chi connectivity index (χ2v) is 5.18. The Labute approximate surface area is 120 Å². The second kappa shape index (κ2) is 5.93. The number of hydrogen-bond acceptors (Lipinski definition) is 3. The molecule has 0 aliphatic rings. The van der Waals surface area contributed by atoms with Crippen molar-refractivity contribution >= 4 is 21.8 Å². The summed E-state index contributed by atoms with van der Waals surface area (Å²) >= 11 is 3.32. The van der Waals surface area contributed by atoms with E-state index in [0.717, 1.165) is 10.0 Å². The van der Waals surface area contributed by atoms with Gasteiger partial charge in [0, 0.05) is 36.3 Å². The lowest BCUT2D eigenvalue weighted by Crippen LogP contribution is -2.29. The fourth-order valence-electron chi connectivity index (χ4n) is 1.77. The number of halogens is 1. The van der Waals surface area contributed by atoms with E-state index < -0.39 is 0 Å². The van der Waals surface area contributed by atoms with Crippen LogP contribution in [0.2, 0.25) is 0 Å². The van der Waals surface area contributed by atoms with Gasteiger partial charge in [0.2, 0.25) is 0 Å². The van der Waals surface area contributed by atoms with E-state index in [9.17, 15) is 4.79 Å². The molecule has 0 radical (unpaired) electrons. The zero-order chi connectivity index (χ0) is 13.8. The molecule has 0 fully saturated rings. The fourth-order valence-corrected chi connectivity index (χ4v) is 2.14. The van der Waals surface area contributed by atoms with Crippen molar-refractivity contribution in [3.05, 3.63) is 58.6 Å². The Morgan fingerprint density at radius 3 is 2.58 bits per heavy atom. The highest BCUT2D eigenvalue weighted by atomic mass is 79.9. The molecule has 0 bridgehead atoms. The zero-order valence-corrected chi connectivity index (χ0v) is 12.3. The number of carbonyl (C=O) groups excluding carboxylic acids is 1. The topological polar surface area (TPSA) is 46.1 Å². The first-order chi connectivity index (χ1) is 9.09. The Hall–Kier alpha value is -1.75. The van der Waals surface area contributed by atoms with Crippen LogP contribution in [0.4, 0.5) is 0 Å². The highest BCUT2D eigenvalue weighted by molar-refractivity contribution is 9.10. The molecule has 1 unspecified atom stereocenters. The van der Waals surface area contributed by atoms with Gasteiger partial charge in [-0.05, 0) is 46.6 Å². The van der Waals surface area contributed by atoms with E-state index in [1.54, 1.807) is 42.8 Å². The van der Waals surface area contributed by atoms with Crippen LogP contribution in [-0.2, 0) is 0 Å². The second-order valence-electron chi connectivity index (χ2n) is 4.26. The maximum atomic E-state index is 12.4. The minimum atomic E-state index is -0.0573. The van der Waals surface area contributed by atoms with Gasteiger partial charge < -0.3 is 4.90 Å². The Morgan fingerprint density at radius 2 is 1.95 bits per heavy atom. The van der Waals surface area contributed by atoms with Crippen molar-refractivity contribution < 1.29 is 4.79 Å². The van der Waals surface area contributed by atoms with E-state index in [0.29, 0.717) is 5.56 Å². The van der Waals surface area contributed by atoms with E-state index >= 15 is 0 Å². The highest BCUT2D eigenvalue weighted by Crippen LogP contribution is 2.20. The molecule has 2 heterocycles. The van der Waals surface area contributed by atoms with Crippen LogP contribution in [0.1, 0.15) is 28.9 Å². The molecule has 0 aliphatic carbocycles. The van der Waals surface area contributed by atoms with Crippen LogP contribution in [0.5, 0.6) is 0 Å². The summed E-state index contributed by atoms with van der Waals surface area (Å²) in [5, 5.41) is 0. The molecular formula is C14H14BrN3O. The van der Waals surface area contributed by atoms with E-state index in [2.05, 4.69) is 25.9 Å². The summed E-state index contributed by atoms with van der Waals surface area (Å²) in [6.07, 6.45) is 6.68. The summed E-state index contributed by atoms with van der Waals surface area (Å²) < 4.78 is 0.795. The summed E-state index contributed by atoms with van der Waals surface area (Å²) in [5.41, 5.74) is 1.62. The van der Waals surface area contributed by atoms with Crippen LogP contribution in [-0.4, -0.2) is 27.8 Å². The lowest BCUT2D eigenvalue weighted by molar-refractivity contribution is 0.0742. The standard InChI is InChI=1S/C14H14BrN3O/c1-10(11-3-5-16-6-4-11)18(2)14(19)12-7-13(15)9-17-8-12/h3-10H,1-2H3. The Bertz CT molecular complexity index is 574. The minimum absolute atomic E-state index is 0.0190. The fraction of sp³-hybridized carbons (Fsp3) is 0.214. The summed E-state index contributed by atoms with van der Waals surface area (Å²) in [6.45, 7) is 1.98. The molecule has 0 saturated carbocycles. The number of pyridine rings is 2. The lowest BCUT2D eigenvalue weighted by atomic mass is 10.1. The minimum Gasteiger partial charge on any atom is -0.335 e. The molecule has 0 N–H and O–H groups in total. The Kier molecular flexibility index (Phi) is 4.27. The first-order valence-electron chi connectivity index (χ1n) is 5.87. The normalized spacial score (nSPS) is 11.9. The smallest absolute Gasteiger partial charge is 0.255 e. The first-order valence-corrected chi connectivity index (χ1v) is 6.66. The van der Waals surface area contributed by atoms with Gasteiger partial charge in [0.15, 0.2) is 0 Å². The van der Waals surface area contributed by atoms with Crippen LogP contribution < -0.4 is 0 Å². The largest absolute Gasteiger partial charge is 0.335 e. The third kappa shape index (κ3) is 3.17. The van der Waals surface area contributed by atoms with Crippen molar-refractivity contribution in [1.29, 1.82) is 0 Å². The van der Waals surface area contributed by atoms with Gasteiger partial charge in [-0.2, -0.15) is 0 Å². The van der Waals surface area contributed by atoms with E-state index in [4.69, 9.17) is 0 Å². The van der Waals surface area contributed by atoms with Crippen molar-refractivity contribution in [3.8, 4) is 0 Å². The van der Waals surface area contributed by atoms with Crippen molar-refractivity contribution in [2.24, 2.45) is 0 Å². The SMILES string of the molecule is CC(c1ccncc1)N(C)C(=O)c1cncc(Br)c1. The molecule has 0 spiro atoms. The molecule has 2 aromatic rings. The molecular weight excluding hydrogens is 306 g/mol. The molecule has 1 amide bonds. The van der Waals surface area contributed by atoms with Gasteiger partial charge >= 0.3 is 0 Å². The first kappa shape index (κ1) is 13.7. The third-order valence-electron chi connectivity index (χ3n) is 3.04. The predicted molar refractivity (Wildman–Crippen MR) is 76.7 cm³/mol. The van der Waals surface area contributed by atoms with E-state index in [1.165, 1.54) is 0 Å². The number of amides is 1. The van der Waals surface area contributed by atoms with Gasteiger partial charge in [-0.3, -0.25) is 14.8 Å². The van der Waals surface area contributed by atoms with Crippen molar-refractivity contribution in [2.45, 2.75) is 13.0 Å². The predicted octanol–water partition coefficient (Wildman–Crippen LogP) is 3.07. The number of carbonyl (C=O) groups is 1. The van der Waals surface area contributed by atoms with Gasteiger partial charge in [-0.1, -0.05) is 0 Å². The Balaban J connectivity index is 2.20. The summed E-state index contributed by atoms with van der Waals surface area (Å²) in [6, 6.07) is 5.57. The molecule has 19 heavy (non-hydrogen) atoms. The molecule has 2 aromatic heterocycles. The van der Waals surface area contributed by atoms with Gasteiger partial charge in [0.1, 0.15) is 0 Å². The van der Waals surface area contributed by atoms with Crippen LogP contribution in [0.25, 0.3) is 0 Å². The highest BCUT2D eigenvalue weighted by Gasteiger charge is 2.19. The van der Waals surface area contributed by atoms with Gasteiger partial charge in [0.25, 0.3) is 5.91 Å². The van der Waals surface area contributed by atoms with Crippen LogP contribution in [0, 0.1) is 0 Å². The maximum Gasteiger partial charge on any atom is 0.255 e. The quantitative estimate of drug-likeness (QED) is 0.873. The van der Waals surface area contributed by atoms with Gasteiger partial charge in [-0.25, -0.2) is 0 Å². The molecule has 5 heteroatoms. The van der Waals surface area contributed by atoms with Crippen molar-refractivity contribution in [3.63, 3.8) is 0 Å². The third-order valence-corrected chi connectivity index (χ3v) is 3.48. The molecule has 98 valence electrons. The monoisotopic (exact) mass is 319 g/mol. The number of hydrogen-bond donors (Lipinski definition) is 0. The van der Waals surface area contributed by atoms with Gasteiger partial charge in [0.05, 0.1) is 11.6 Å². The lowest BCUT2D eigenvalue weighted by Gasteiger charge is -2.25. The average Bonchev–Trinajstić information content (AvgIpc) is 2.46. The number of aromatic nitrogens is 2. The molecule has 0 aromatic carbocycles. The van der Waals surface area contributed by atoms with Crippen molar-refractivity contribution in [1.82, 2.24) is 14.9 Å². The molecule has 4 nitrogen and oxygen atoms in total. The van der Waals surface area contributed by atoms with E-state index in [-0.39, 0.29) is 11.9 Å². The molecule has 0 aliphatic heterocycles. The molecule has 2 rings (SSSR count). The number of rotatable bonds is 3. The van der Waals surface area contributed by atoms with E-state index in [1.807, 2.05) is 19.1 Å². The van der Waals surface area contributed by atoms with Crippen LogP contribution in [0.3, 0.4) is 0 Å². The van der Waals surface area contributed by atoms with Crippen molar-refractivity contribution in [2.75, 3.05) is 7.05 Å². The summed E-state index contributed by atoms with van der Waals surface area (Å²) in [4.78, 5) is 22.1. The molecule has 0 saturated heterocycles. The van der Waals surface area contributed by atoms with Gasteiger partial charge in [-0.15, -0.1) is 0 Å². The summed E-state index contributed by atoms with van der Waals surface area (Å²) in [5.74, 6) is -0.0573. The Morgan fingerprint density at radius 1 is 1.26 bits per heavy atom. The average molecular weight is 320 g/mol. The maximum absolute atomic E-state index is 12.4. The molecule has 1 atom stereocenters.